The molecule has 2 fully saturated rings. The summed E-state index contributed by atoms with van der Waals surface area (Å²) >= 11 is 0. The Bertz CT molecular complexity index is 1160. The molecule has 0 radical (unpaired) electrons. The maximum Gasteiger partial charge on any atom is 0.416 e. The number of carbonyl (C=O) groups excluding carboxylic acids is 1. The van der Waals surface area contributed by atoms with Gasteiger partial charge in [0, 0.05) is 56.7 Å². The number of aldehydes is 1. The molecule has 0 amide bonds. The Morgan fingerprint density at radius 1 is 1.00 bits per heavy atom. The smallest absolute Gasteiger partial charge is 0.416 e. The Kier molecular flexibility index (Phi) is 7.04. The molecule has 192 valence electrons. The molecule has 0 spiro atoms. The van der Waals surface area contributed by atoms with Gasteiger partial charge in [-0.1, -0.05) is 6.07 Å². The molecule has 2 aliphatic rings. The molecule has 12 heteroatoms. The van der Waals surface area contributed by atoms with Gasteiger partial charge in [0.25, 0.3) is 5.69 Å². The number of nitro benzene ring substituents is 1. The zero-order chi connectivity index (χ0) is 26.0. The van der Waals surface area contributed by atoms with Crippen LogP contribution >= 0.6 is 0 Å². The molecule has 4 rings (SSSR count). The summed E-state index contributed by atoms with van der Waals surface area (Å²) in [6.45, 7) is 1.96. The molecule has 0 atom stereocenters. The highest BCUT2D eigenvalue weighted by Crippen LogP contribution is 2.39. The number of piperazine rings is 1. The van der Waals surface area contributed by atoms with Crippen molar-refractivity contribution in [1.29, 1.82) is 0 Å². The lowest BCUT2D eigenvalue weighted by Crippen LogP contribution is -2.47. The molecule has 2 aromatic rings. The molecule has 0 aromatic heterocycles. The van der Waals surface area contributed by atoms with Crippen molar-refractivity contribution < 1.29 is 32.8 Å². The van der Waals surface area contributed by atoms with Crippen molar-refractivity contribution in [3.63, 3.8) is 0 Å². The largest absolute Gasteiger partial charge is 0.481 e. The summed E-state index contributed by atoms with van der Waals surface area (Å²) < 4.78 is 39.4. The van der Waals surface area contributed by atoms with E-state index >= 15 is 0 Å². The number of carboxylic acids is 1. The summed E-state index contributed by atoms with van der Waals surface area (Å²) in [5.74, 6) is -1.34. The van der Waals surface area contributed by atoms with E-state index in [2.05, 4.69) is 0 Å². The molecule has 2 aromatic carbocycles. The van der Waals surface area contributed by atoms with Crippen LogP contribution in [0.1, 0.15) is 28.8 Å². The number of hydrogen-bond donors (Lipinski definition) is 1. The van der Waals surface area contributed by atoms with Crippen LogP contribution in [-0.2, 0) is 11.0 Å². The zero-order valence-corrected chi connectivity index (χ0v) is 19.3. The number of carboxylic acid groups (broad SMARTS) is 1. The van der Waals surface area contributed by atoms with E-state index in [9.17, 15) is 38.0 Å². The average molecular weight is 506 g/mol. The minimum Gasteiger partial charge on any atom is -0.481 e. The first-order valence-electron chi connectivity index (χ1n) is 11.5. The standard InChI is InChI=1S/C24H25F3N4O5/c25-24(26,27)17-2-1-3-18(14-17)28-10-12-30(13-11-28)22-19(15-32)20(4-5-21(22)31(35)36)29-8-6-16(7-9-29)23(33)34/h1-5,14-16H,6-13H2,(H,33,34). The van der Waals surface area contributed by atoms with Gasteiger partial charge in [0.1, 0.15) is 5.69 Å². The van der Waals surface area contributed by atoms with Crippen LogP contribution in [0.2, 0.25) is 0 Å². The van der Waals surface area contributed by atoms with E-state index in [4.69, 9.17) is 0 Å². The number of piperidine rings is 1. The molecule has 0 aliphatic carbocycles. The highest BCUT2D eigenvalue weighted by Gasteiger charge is 2.33. The Balaban J connectivity index is 1.59. The highest BCUT2D eigenvalue weighted by molar-refractivity contribution is 5.96. The zero-order valence-electron chi connectivity index (χ0n) is 19.3. The Morgan fingerprint density at radius 2 is 1.64 bits per heavy atom. The third kappa shape index (κ3) is 5.07. The van der Waals surface area contributed by atoms with Gasteiger partial charge in [0.15, 0.2) is 6.29 Å². The lowest BCUT2D eigenvalue weighted by Gasteiger charge is -2.39. The van der Waals surface area contributed by atoms with E-state index in [0.717, 1.165) is 12.1 Å². The van der Waals surface area contributed by atoms with Crippen LogP contribution in [0.4, 0.5) is 35.9 Å². The van der Waals surface area contributed by atoms with E-state index in [0.29, 0.717) is 56.7 Å². The molecule has 0 bridgehead atoms. The van der Waals surface area contributed by atoms with Crippen LogP contribution < -0.4 is 14.7 Å². The fraction of sp³-hybridized carbons (Fsp3) is 0.417. The molecule has 2 heterocycles. The number of rotatable bonds is 6. The first-order valence-corrected chi connectivity index (χ1v) is 11.5. The average Bonchev–Trinajstić information content (AvgIpc) is 2.87. The lowest BCUT2D eigenvalue weighted by molar-refractivity contribution is -0.384. The van der Waals surface area contributed by atoms with Gasteiger partial charge in [0.05, 0.1) is 22.0 Å². The van der Waals surface area contributed by atoms with Gasteiger partial charge < -0.3 is 19.8 Å². The number of carbonyl (C=O) groups is 2. The number of nitro groups is 1. The molecule has 2 saturated heterocycles. The molecular weight excluding hydrogens is 481 g/mol. The van der Waals surface area contributed by atoms with Gasteiger partial charge in [-0.2, -0.15) is 13.2 Å². The second-order valence-corrected chi connectivity index (χ2v) is 8.86. The predicted molar refractivity (Wildman–Crippen MR) is 127 cm³/mol. The summed E-state index contributed by atoms with van der Waals surface area (Å²) in [6, 6.07) is 7.88. The molecule has 2 aliphatic heterocycles. The first kappa shape index (κ1) is 25.3. The fourth-order valence-electron chi connectivity index (χ4n) is 4.89. The second-order valence-electron chi connectivity index (χ2n) is 8.86. The minimum atomic E-state index is -4.46. The number of alkyl halides is 3. The molecule has 0 saturated carbocycles. The summed E-state index contributed by atoms with van der Waals surface area (Å²) in [6.07, 6.45) is -3.08. The van der Waals surface area contributed by atoms with Crippen molar-refractivity contribution in [3.8, 4) is 0 Å². The van der Waals surface area contributed by atoms with E-state index in [1.165, 1.54) is 18.2 Å². The van der Waals surface area contributed by atoms with E-state index in [-0.39, 0.29) is 30.0 Å². The van der Waals surface area contributed by atoms with Crippen molar-refractivity contribution in [3.05, 3.63) is 57.6 Å². The maximum absolute atomic E-state index is 13.1. The third-order valence-electron chi connectivity index (χ3n) is 6.81. The predicted octanol–water partition coefficient (Wildman–Crippen LogP) is 4.05. The van der Waals surface area contributed by atoms with Crippen molar-refractivity contribution in [2.45, 2.75) is 19.0 Å². The molecule has 9 nitrogen and oxygen atoms in total. The van der Waals surface area contributed by atoms with Gasteiger partial charge in [-0.15, -0.1) is 0 Å². The normalized spacial score (nSPS) is 17.2. The van der Waals surface area contributed by atoms with E-state index < -0.39 is 28.6 Å². The van der Waals surface area contributed by atoms with Crippen LogP contribution in [0.15, 0.2) is 36.4 Å². The fourth-order valence-corrected chi connectivity index (χ4v) is 4.89. The summed E-state index contributed by atoms with van der Waals surface area (Å²) in [7, 11) is 0. The van der Waals surface area contributed by atoms with Crippen molar-refractivity contribution in [2.75, 3.05) is 54.0 Å². The number of halogens is 3. The van der Waals surface area contributed by atoms with Crippen LogP contribution in [0.5, 0.6) is 0 Å². The minimum absolute atomic E-state index is 0.158. The molecule has 1 N–H and O–H groups in total. The summed E-state index contributed by atoms with van der Waals surface area (Å²) in [5, 5.41) is 21.1. The number of hydrogen-bond acceptors (Lipinski definition) is 7. The van der Waals surface area contributed by atoms with Gasteiger partial charge in [-0.3, -0.25) is 19.7 Å². The number of benzene rings is 2. The number of aliphatic carboxylic acids is 1. The molecule has 0 unspecified atom stereocenters. The van der Waals surface area contributed by atoms with Crippen LogP contribution in [-0.4, -0.2) is 61.6 Å². The second kappa shape index (κ2) is 10.0. The summed E-state index contributed by atoms with van der Waals surface area (Å²) in [5.41, 5.74) is 0.274. The van der Waals surface area contributed by atoms with Crippen molar-refractivity contribution >= 4 is 35.0 Å². The van der Waals surface area contributed by atoms with E-state index in [1.807, 2.05) is 4.90 Å². The van der Waals surface area contributed by atoms with Crippen LogP contribution in [0.3, 0.4) is 0 Å². The van der Waals surface area contributed by atoms with Gasteiger partial charge in [0.2, 0.25) is 0 Å². The number of anilines is 3. The maximum atomic E-state index is 13.1. The first-order chi connectivity index (χ1) is 17.1. The van der Waals surface area contributed by atoms with Crippen molar-refractivity contribution in [2.24, 2.45) is 5.92 Å². The third-order valence-corrected chi connectivity index (χ3v) is 6.81. The van der Waals surface area contributed by atoms with Gasteiger partial charge in [-0.25, -0.2) is 0 Å². The Labute approximate surface area is 204 Å². The van der Waals surface area contributed by atoms with Gasteiger partial charge in [-0.05, 0) is 37.1 Å². The van der Waals surface area contributed by atoms with E-state index in [1.54, 1.807) is 15.9 Å². The summed E-state index contributed by atoms with van der Waals surface area (Å²) in [4.78, 5) is 40.1. The quantitative estimate of drug-likeness (QED) is 0.355. The monoisotopic (exact) mass is 506 g/mol. The molecule has 36 heavy (non-hydrogen) atoms. The highest BCUT2D eigenvalue weighted by atomic mass is 19.4. The van der Waals surface area contributed by atoms with Crippen LogP contribution in [0, 0.1) is 16.0 Å². The Hall–Kier alpha value is -3.83. The Morgan fingerprint density at radius 3 is 2.19 bits per heavy atom. The SMILES string of the molecule is O=Cc1c(N2CCC(C(=O)O)CC2)ccc([N+](=O)[O-])c1N1CCN(c2cccc(C(F)(F)F)c2)CC1. The topological polar surface area (TPSA) is 107 Å². The van der Waals surface area contributed by atoms with Crippen molar-refractivity contribution in [1.82, 2.24) is 0 Å². The number of nitrogens with zero attached hydrogens (tertiary/aromatic N) is 4. The van der Waals surface area contributed by atoms with Crippen LogP contribution in [0.25, 0.3) is 0 Å². The lowest BCUT2D eigenvalue weighted by atomic mass is 9.95. The van der Waals surface area contributed by atoms with Gasteiger partial charge >= 0.3 is 12.1 Å². The molecular formula is C24H25F3N4O5.